The van der Waals surface area contributed by atoms with Crippen LogP contribution >= 0.6 is 0 Å². The van der Waals surface area contributed by atoms with Crippen LogP contribution in [-0.4, -0.2) is 47.8 Å². The van der Waals surface area contributed by atoms with Gasteiger partial charge < -0.3 is 15.0 Å². The predicted molar refractivity (Wildman–Crippen MR) is 90.8 cm³/mol. The monoisotopic (exact) mass is 355 g/mol. The Morgan fingerprint density at radius 1 is 1.38 bits per heavy atom. The van der Waals surface area contributed by atoms with E-state index in [1.54, 1.807) is 18.2 Å². The number of carbonyl (C=O) groups is 4. The Balaban J connectivity index is 1.75. The molecule has 0 spiro atoms. The Morgan fingerprint density at radius 2 is 2.19 bits per heavy atom. The lowest BCUT2D eigenvalue weighted by atomic mass is 10.0. The van der Waals surface area contributed by atoms with Crippen molar-refractivity contribution in [3.8, 4) is 12.3 Å². The molecule has 0 aromatic heterocycles. The normalized spacial score (nSPS) is 19.0. The molecule has 2 heterocycles. The first-order valence-corrected chi connectivity index (χ1v) is 8.09. The number of terminal acetylenes is 1. The number of nitrogens with one attached hydrogen (secondary N) is 2. The summed E-state index contributed by atoms with van der Waals surface area (Å²) in [6.07, 6.45) is 5.53. The molecule has 0 aliphatic carbocycles. The van der Waals surface area contributed by atoms with Crippen LogP contribution in [0.2, 0.25) is 0 Å². The van der Waals surface area contributed by atoms with Crippen molar-refractivity contribution in [1.29, 1.82) is 0 Å². The lowest BCUT2D eigenvalue weighted by Gasteiger charge is -2.29. The molecule has 1 unspecified atom stereocenters. The van der Waals surface area contributed by atoms with Gasteiger partial charge in [0.2, 0.25) is 17.7 Å². The van der Waals surface area contributed by atoms with E-state index in [2.05, 4.69) is 16.6 Å². The number of hydrogen-bond acceptors (Lipinski definition) is 5. The van der Waals surface area contributed by atoms with E-state index in [4.69, 9.17) is 11.2 Å². The number of amides is 4. The molecular weight excluding hydrogens is 338 g/mol. The van der Waals surface area contributed by atoms with Crippen molar-refractivity contribution in [3.05, 3.63) is 29.3 Å². The van der Waals surface area contributed by atoms with E-state index in [1.807, 2.05) is 0 Å². The third kappa shape index (κ3) is 3.43. The van der Waals surface area contributed by atoms with Crippen molar-refractivity contribution in [2.75, 3.05) is 18.5 Å². The van der Waals surface area contributed by atoms with E-state index in [1.165, 1.54) is 4.90 Å². The molecule has 2 aliphatic rings. The van der Waals surface area contributed by atoms with Crippen LogP contribution < -0.4 is 10.6 Å². The molecule has 134 valence electrons. The molecule has 8 nitrogen and oxygen atoms in total. The van der Waals surface area contributed by atoms with Gasteiger partial charge in [-0.15, -0.1) is 6.42 Å². The molecule has 0 bridgehead atoms. The first-order chi connectivity index (χ1) is 12.5. The van der Waals surface area contributed by atoms with Crippen LogP contribution in [0.4, 0.5) is 5.69 Å². The summed E-state index contributed by atoms with van der Waals surface area (Å²) in [6, 6.07) is 4.28. The summed E-state index contributed by atoms with van der Waals surface area (Å²) >= 11 is 0. The third-order valence-corrected chi connectivity index (χ3v) is 4.27. The molecule has 4 amide bonds. The maximum atomic E-state index is 12.7. The highest BCUT2D eigenvalue weighted by Crippen LogP contribution is 2.32. The highest BCUT2D eigenvalue weighted by Gasteiger charge is 2.39. The molecule has 1 aromatic rings. The molecule has 2 N–H and O–H groups in total. The van der Waals surface area contributed by atoms with Crippen molar-refractivity contribution in [2.45, 2.75) is 25.4 Å². The van der Waals surface area contributed by atoms with Gasteiger partial charge in [-0.1, -0.05) is 12.0 Å². The number of rotatable bonds is 5. The third-order valence-electron chi connectivity index (χ3n) is 4.27. The molecule has 1 aromatic carbocycles. The van der Waals surface area contributed by atoms with Crippen LogP contribution in [0.5, 0.6) is 0 Å². The number of fused-ring (bicyclic) bond motifs is 1. The smallest absolute Gasteiger partial charge is 0.255 e. The van der Waals surface area contributed by atoms with Gasteiger partial charge in [0, 0.05) is 29.8 Å². The fourth-order valence-electron chi connectivity index (χ4n) is 3.09. The number of ether oxygens (including phenoxy) is 1. The fraction of sp³-hybridized carbons (Fsp3) is 0.333. The predicted octanol–water partition coefficient (Wildman–Crippen LogP) is 0.0359. The largest absolute Gasteiger partial charge is 0.359 e. The summed E-state index contributed by atoms with van der Waals surface area (Å²) in [4.78, 5) is 49.4. The second-order valence-electron chi connectivity index (χ2n) is 5.98. The number of nitrogens with zero attached hydrogens (tertiary/aromatic N) is 1. The Kier molecular flexibility index (Phi) is 5.00. The molecule has 1 fully saturated rings. The van der Waals surface area contributed by atoms with Crippen LogP contribution in [-0.2, 0) is 25.7 Å². The summed E-state index contributed by atoms with van der Waals surface area (Å²) < 4.78 is 4.99. The van der Waals surface area contributed by atoms with Crippen LogP contribution in [0, 0.1) is 12.3 Å². The van der Waals surface area contributed by atoms with E-state index in [0.717, 1.165) is 0 Å². The lowest BCUT2D eigenvalue weighted by Crippen LogP contribution is -2.52. The molecule has 26 heavy (non-hydrogen) atoms. The lowest BCUT2D eigenvalue weighted by molar-refractivity contribution is -0.137. The summed E-state index contributed by atoms with van der Waals surface area (Å²) in [5.41, 5.74) is 1.55. The average Bonchev–Trinajstić information content (AvgIpc) is 2.93. The van der Waals surface area contributed by atoms with Gasteiger partial charge in [-0.2, -0.15) is 0 Å². The first-order valence-electron chi connectivity index (χ1n) is 8.09. The van der Waals surface area contributed by atoms with Gasteiger partial charge in [-0.3, -0.25) is 24.5 Å². The van der Waals surface area contributed by atoms with E-state index in [9.17, 15) is 19.2 Å². The van der Waals surface area contributed by atoms with Crippen molar-refractivity contribution in [3.63, 3.8) is 0 Å². The maximum absolute atomic E-state index is 12.7. The van der Waals surface area contributed by atoms with Gasteiger partial charge in [0.05, 0.1) is 0 Å². The molecule has 2 aliphatic heterocycles. The van der Waals surface area contributed by atoms with Gasteiger partial charge in [-0.25, -0.2) is 0 Å². The topological polar surface area (TPSA) is 105 Å². The zero-order valence-electron chi connectivity index (χ0n) is 13.9. The number of benzene rings is 1. The quantitative estimate of drug-likeness (QED) is 0.441. The highest BCUT2D eigenvalue weighted by atomic mass is 16.5. The molecule has 1 saturated heterocycles. The number of imide groups is 1. The van der Waals surface area contributed by atoms with E-state index < -0.39 is 11.9 Å². The summed E-state index contributed by atoms with van der Waals surface area (Å²) in [7, 11) is 0. The van der Waals surface area contributed by atoms with Crippen molar-refractivity contribution < 1.29 is 23.9 Å². The van der Waals surface area contributed by atoms with Crippen LogP contribution in [0.15, 0.2) is 18.2 Å². The van der Waals surface area contributed by atoms with Gasteiger partial charge in [0.1, 0.15) is 19.3 Å². The fourth-order valence-corrected chi connectivity index (χ4v) is 3.09. The minimum atomic E-state index is -0.699. The van der Waals surface area contributed by atoms with Crippen molar-refractivity contribution >= 4 is 29.3 Å². The van der Waals surface area contributed by atoms with Crippen molar-refractivity contribution in [1.82, 2.24) is 10.2 Å². The average molecular weight is 355 g/mol. The standard InChI is InChI=1S/C18H17N3O5/c1-2-8-26-10-16(23)19-13-5-3-4-11-12(13)9-21(18(11)25)14-6-7-15(22)20-17(14)24/h1,3-5,14H,6-10H2,(H,19,23)(H,20,22,24). The summed E-state index contributed by atoms with van der Waals surface area (Å²) in [6.45, 7) is 0.0167. The molecule has 8 heteroatoms. The van der Waals surface area contributed by atoms with E-state index in [0.29, 0.717) is 16.8 Å². The zero-order valence-corrected chi connectivity index (χ0v) is 13.9. The number of anilines is 1. The molecular formula is C18H17N3O5. The Bertz CT molecular complexity index is 827. The Morgan fingerprint density at radius 3 is 2.92 bits per heavy atom. The number of piperidine rings is 1. The van der Waals surface area contributed by atoms with Gasteiger partial charge >= 0.3 is 0 Å². The van der Waals surface area contributed by atoms with Crippen LogP contribution in [0.25, 0.3) is 0 Å². The van der Waals surface area contributed by atoms with Crippen LogP contribution in [0.1, 0.15) is 28.8 Å². The molecule has 3 rings (SSSR count). The SMILES string of the molecule is C#CCOCC(=O)Nc1cccc2c1CN(C1CCC(=O)NC1=O)C2=O. The summed E-state index contributed by atoms with van der Waals surface area (Å²) in [5.74, 6) is 0.769. The van der Waals surface area contributed by atoms with Crippen molar-refractivity contribution in [2.24, 2.45) is 0 Å². The zero-order chi connectivity index (χ0) is 18.7. The number of carbonyl (C=O) groups excluding carboxylic acids is 4. The first kappa shape index (κ1) is 17.6. The van der Waals surface area contributed by atoms with Gasteiger partial charge in [0.15, 0.2) is 0 Å². The Hall–Kier alpha value is -3.18. The minimum absolute atomic E-state index is 0.0299. The van der Waals surface area contributed by atoms with Gasteiger partial charge in [0.25, 0.3) is 5.91 Å². The Labute approximate surface area is 149 Å². The van der Waals surface area contributed by atoms with E-state index >= 15 is 0 Å². The maximum Gasteiger partial charge on any atom is 0.255 e. The molecule has 0 saturated carbocycles. The van der Waals surface area contributed by atoms with Gasteiger partial charge in [-0.05, 0) is 18.6 Å². The van der Waals surface area contributed by atoms with Crippen LogP contribution in [0.3, 0.4) is 0 Å². The highest BCUT2D eigenvalue weighted by molar-refractivity contribution is 6.06. The second kappa shape index (κ2) is 7.37. The molecule has 1 atom stereocenters. The second-order valence-corrected chi connectivity index (χ2v) is 5.98. The minimum Gasteiger partial charge on any atom is -0.359 e. The van der Waals surface area contributed by atoms with E-state index in [-0.39, 0.29) is 50.3 Å². The number of hydrogen-bond donors (Lipinski definition) is 2. The summed E-state index contributed by atoms with van der Waals surface area (Å²) in [5, 5.41) is 4.95. The molecule has 0 radical (unpaired) electrons.